The Labute approximate surface area is 161 Å². The van der Waals surface area contributed by atoms with E-state index in [1.807, 2.05) is 0 Å². The Morgan fingerprint density at radius 2 is 1.92 bits per heavy atom. The molecule has 0 radical (unpaired) electrons. The number of hydrogen-bond acceptors (Lipinski definition) is 6. The number of carboxylic acid groups (broad SMARTS) is 1. The van der Waals surface area contributed by atoms with Crippen molar-refractivity contribution >= 4 is 39.9 Å². The van der Waals surface area contributed by atoms with Gasteiger partial charge in [0.25, 0.3) is 5.56 Å². The normalized spacial score (nSPS) is 17.8. The van der Waals surface area contributed by atoms with Crippen molar-refractivity contribution in [3.05, 3.63) is 26.6 Å². The predicted molar refractivity (Wildman–Crippen MR) is 104 cm³/mol. The molecule has 2 aromatic heterocycles. The third-order valence-corrected chi connectivity index (χ3v) is 6.13. The highest BCUT2D eigenvalue weighted by molar-refractivity contribution is 7.18. The second kappa shape index (κ2) is 8.47. The average Bonchev–Trinajstić information content (AvgIpc) is 3.16. The zero-order valence-electron chi connectivity index (χ0n) is 14.4. The SMILES string of the molecule is Cl.NCC1(O)CCCCC1.O=C(O)c1nc2sc3c(c2c(=O)[nH]1)CCC3. The maximum atomic E-state index is 11.8. The summed E-state index contributed by atoms with van der Waals surface area (Å²) in [6, 6.07) is 0. The average molecular weight is 402 g/mol. The van der Waals surface area contributed by atoms with Crippen LogP contribution in [-0.4, -0.2) is 38.3 Å². The summed E-state index contributed by atoms with van der Waals surface area (Å²) in [5, 5.41) is 18.9. The summed E-state index contributed by atoms with van der Waals surface area (Å²) in [7, 11) is 0. The van der Waals surface area contributed by atoms with Crippen molar-refractivity contribution in [3.63, 3.8) is 0 Å². The number of aromatic amines is 1. The zero-order chi connectivity index (χ0) is 18.0. The smallest absolute Gasteiger partial charge is 0.372 e. The molecule has 2 heterocycles. The minimum absolute atomic E-state index is 0. The monoisotopic (exact) mass is 401 g/mol. The molecule has 0 saturated heterocycles. The number of carboxylic acids is 1. The molecule has 1 saturated carbocycles. The first-order chi connectivity index (χ1) is 11.9. The maximum Gasteiger partial charge on any atom is 0.372 e. The minimum Gasteiger partial charge on any atom is -0.475 e. The van der Waals surface area contributed by atoms with Gasteiger partial charge < -0.3 is 20.9 Å². The van der Waals surface area contributed by atoms with Gasteiger partial charge in [-0.15, -0.1) is 23.7 Å². The highest BCUT2D eigenvalue weighted by Gasteiger charge is 2.26. The molecular weight excluding hydrogens is 378 g/mol. The standard InChI is InChI=1S/C10H8N2O3S.C7H15NO.ClH/c13-8-6-4-2-1-3-5(4)16-9(6)12-7(11-8)10(14)15;8-6-7(9)4-2-1-3-5-7;/h1-3H2,(H,14,15)(H,11,12,13);9H,1-6,8H2;1H. The van der Waals surface area contributed by atoms with E-state index in [1.54, 1.807) is 0 Å². The van der Waals surface area contributed by atoms with Gasteiger partial charge in [-0.2, -0.15) is 0 Å². The first kappa shape index (κ1) is 20.8. The number of aryl methyl sites for hydroxylation is 2. The van der Waals surface area contributed by atoms with Crippen molar-refractivity contribution < 1.29 is 15.0 Å². The topological polar surface area (TPSA) is 129 Å². The summed E-state index contributed by atoms with van der Waals surface area (Å²) in [5.41, 5.74) is 5.61. The molecule has 0 bridgehead atoms. The summed E-state index contributed by atoms with van der Waals surface area (Å²) < 4.78 is 0. The van der Waals surface area contributed by atoms with Crippen LogP contribution < -0.4 is 11.3 Å². The number of nitrogens with one attached hydrogen (secondary N) is 1. The van der Waals surface area contributed by atoms with Gasteiger partial charge in [-0.25, -0.2) is 9.78 Å². The lowest BCUT2D eigenvalue weighted by Crippen LogP contribution is -2.39. The third-order valence-electron chi connectivity index (χ3n) is 4.94. The number of aromatic nitrogens is 2. The molecule has 0 unspecified atom stereocenters. The van der Waals surface area contributed by atoms with Gasteiger partial charge in [0, 0.05) is 11.4 Å². The van der Waals surface area contributed by atoms with Crippen LogP contribution in [0.4, 0.5) is 0 Å². The van der Waals surface area contributed by atoms with Gasteiger partial charge in [-0.05, 0) is 37.7 Å². The molecule has 4 rings (SSSR count). The van der Waals surface area contributed by atoms with Gasteiger partial charge in [-0.1, -0.05) is 19.3 Å². The van der Waals surface area contributed by atoms with E-state index in [0.29, 0.717) is 16.8 Å². The number of aromatic carboxylic acids is 1. The van der Waals surface area contributed by atoms with Crippen LogP contribution in [0.25, 0.3) is 10.2 Å². The number of halogens is 1. The number of thiophene rings is 1. The Hall–Kier alpha value is -1.48. The minimum atomic E-state index is -1.20. The highest BCUT2D eigenvalue weighted by atomic mass is 35.5. The number of hydrogen-bond donors (Lipinski definition) is 4. The van der Waals surface area contributed by atoms with Crippen molar-refractivity contribution in [1.82, 2.24) is 9.97 Å². The van der Waals surface area contributed by atoms with E-state index in [-0.39, 0.29) is 23.8 Å². The number of nitrogens with zero attached hydrogens (tertiary/aromatic N) is 1. The molecule has 0 aliphatic heterocycles. The molecule has 2 aliphatic rings. The first-order valence-electron chi connectivity index (χ1n) is 8.64. The van der Waals surface area contributed by atoms with Crippen LogP contribution in [0.3, 0.4) is 0 Å². The van der Waals surface area contributed by atoms with Gasteiger partial charge in [0.15, 0.2) is 0 Å². The van der Waals surface area contributed by atoms with Gasteiger partial charge in [0.2, 0.25) is 5.82 Å². The van der Waals surface area contributed by atoms with Crippen molar-refractivity contribution in [3.8, 4) is 0 Å². The highest BCUT2D eigenvalue weighted by Crippen LogP contribution is 2.34. The van der Waals surface area contributed by atoms with E-state index >= 15 is 0 Å². The Morgan fingerprint density at radius 1 is 1.23 bits per heavy atom. The fraction of sp³-hybridized carbons (Fsp3) is 0.588. The van der Waals surface area contributed by atoms with E-state index in [2.05, 4.69) is 9.97 Å². The number of H-pyrrole nitrogens is 1. The zero-order valence-corrected chi connectivity index (χ0v) is 16.0. The lowest BCUT2D eigenvalue weighted by Gasteiger charge is -2.30. The van der Waals surface area contributed by atoms with Crippen LogP contribution in [0.2, 0.25) is 0 Å². The molecule has 26 heavy (non-hydrogen) atoms. The molecule has 7 nitrogen and oxygen atoms in total. The predicted octanol–water partition coefficient (Wildman–Crippen LogP) is 2.23. The Balaban J connectivity index is 0.000000210. The quantitative estimate of drug-likeness (QED) is 0.610. The molecule has 1 fully saturated rings. The molecule has 144 valence electrons. The number of aliphatic hydroxyl groups is 1. The molecule has 9 heteroatoms. The fourth-order valence-electron chi connectivity index (χ4n) is 3.52. The molecule has 2 aliphatic carbocycles. The number of carbonyl (C=O) groups is 1. The summed E-state index contributed by atoms with van der Waals surface area (Å²) in [5.74, 6) is -1.48. The third kappa shape index (κ3) is 4.25. The maximum absolute atomic E-state index is 11.8. The summed E-state index contributed by atoms with van der Waals surface area (Å²) in [6.45, 7) is 0.438. The van der Waals surface area contributed by atoms with Crippen LogP contribution in [-0.2, 0) is 12.8 Å². The summed E-state index contributed by atoms with van der Waals surface area (Å²) >= 11 is 1.44. The van der Waals surface area contributed by atoms with E-state index in [0.717, 1.165) is 50.5 Å². The molecule has 5 N–H and O–H groups in total. The lowest BCUT2D eigenvalue weighted by molar-refractivity contribution is 0.0127. The second-order valence-electron chi connectivity index (χ2n) is 6.75. The van der Waals surface area contributed by atoms with Crippen LogP contribution >= 0.6 is 23.7 Å². The van der Waals surface area contributed by atoms with Crippen molar-refractivity contribution in [2.45, 2.75) is 57.0 Å². The molecule has 0 aromatic carbocycles. The first-order valence-corrected chi connectivity index (χ1v) is 9.45. The second-order valence-corrected chi connectivity index (χ2v) is 7.83. The van der Waals surface area contributed by atoms with Crippen molar-refractivity contribution in [2.24, 2.45) is 5.73 Å². The van der Waals surface area contributed by atoms with Gasteiger partial charge >= 0.3 is 5.97 Å². The molecular formula is C17H24ClN3O4S. The van der Waals surface area contributed by atoms with E-state index in [9.17, 15) is 14.7 Å². The van der Waals surface area contributed by atoms with Crippen LogP contribution in [0, 0.1) is 0 Å². The van der Waals surface area contributed by atoms with Gasteiger partial charge in [-0.3, -0.25) is 4.79 Å². The van der Waals surface area contributed by atoms with Gasteiger partial charge in [0.1, 0.15) is 4.83 Å². The van der Waals surface area contributed by atoms with Crippen LogP contribution in [0.1, 0.15) is 59.6 Å². The van der Waals surface area contributed by atoms with Crippen LogP contribution in [0.15, 0.2) is 4.79 Å². The van der Waals surface area contributed by atoms with Crippen molar-refractivity contribution in [2.75, 3.05) is 6.54 Å². The van der Waals surface area contributed by atoms with Crippen LogP contribution in [0.5, 0.6) is 0 Å². The van der Waals surface area contributed by atoms with E-state index in [4.69, 9.17) is 10.8 Å². The Bertz CT molecular complexity index is 842. The number of nitrogens with two attached hydrogens (primary N) is 1. The van der Waals surface area contributed by atoms with E-state index < -0.39 is 11.6 Å². The fourth-order valence-corrected chi connectivity index (χ4v) is 4.78. The number of fused-ring (bicyclic) bond motifs is 3. The summed E-state index contributed by atoms with van der Waals surface area (Å²) in [6.07, 6.45) is 8.30. The molecule has 0 atom stereocenters. The molecule has 0 spiro atoms. The van der Waals surface area contributed by atoms with E-state index in [1.165, 1.54) is 22.6 Å². The lowest BCUT2D eigenvalue weighted by atomic mass is 9.85. The Kier molecular flexibility index (Phi) is 6.79. The van der Waals surface area contributed by atoms with Crippen molar-refractivity contribution in [1.29, 1.82) is 0 Å². The molecule has 2 aromatic rings. The molecule has 0 amide bonds. The summed E-state index contributed by atoms with van der Waals surface area (Å²) in [4.78, 5) is 30.5. The number of rotatable bonds is 2. The Morgan fingerprint density at radius 3 is 2.50 bits per heavy atom. The largest absolute Gasteiger partial charge is 0.475 e. The van der Waals surface area contributed by atoms with Gasteiger partial charge in [0.05, 0.1) is 11.0 Å².